The Bertz CT molecular complexity index is 874. The van der Waals surface area contributed by atoms with E-state index in [9.17, 15) is 5.11 Å². The van der Waals surface area contributed by atoms with Gasteiger partial charge in [-0.15, -0.1) is 0 Å². The van der Waals surface area contributed by atoms with Crippen LogP contribution in [0.5, 0.6) is 0 Å². The number of aromatic nitrogens is 2. The van der Waals surface area contributed by atoms with E-state index in [2.05, 4.69) is 46.3 Å². The Hall–Kier alpha value is -2.17. The third kappa shape index (κ3) is 2.57. The molecule has 0 aliphatic carbocycles. The second kappa shape index (κ2) is 5.68. The maximum atomic E-state index is 11.4. The van der Waals surface area contributed by atoms with E-state index in [0.29, 0.717) is 12.1 Å². The molecule has 4 heteroatoms. The monoisotopic (exact) mass is 333 g/mol. The van der Waals surface area contributed by atoms with Gasteiger partial charge in [0, 0.05) is 37.2 Å². The molecule has 2 bridgehead atoms. The van der Waals surface area contributed by atoms with Gasteiger partial charge in [0.15, 0.2) is 0 Å². The zero-order valence-corrected chi connectivity index (χ0v) is 14.3. The highest BCUT2D eigenvalue weighted by atomic mass is 16.3. The average Bonchev–Trinajstić information content (AvgIpc) is 3.19. The fraction of sp³-hybridized carbons (Fsp3) is 0.381. The maximum absolute atomic E-state index is 11.4. The van der Waals surface area contributed by atoms with E-state index in [0.717, 1.165) is 30.6 Å². The summed E-state index contributed by atoms with van der Waals surface area (Å²) in [5, 5.41) is 11.4. The van der Waals surface area contributed by atoms with Crippen LogP contribution in [0.25, 0.3) is 5.65 Å². The van der Waals surface area contributed by atoms with Crippen LogP contribution in [-0.4, -0.2) is 31.5 Å². The van der Waals surface area contributed by atoms with Crippen molar-refractivity contribution in [1.29, 1.82) is 0 Å². The van der Waals surface area contributed by atoms with Crippen LogP contribution in [0.1, 0.15) is 36.8 Å². The molecule has 3 aromatic rings. The van der Waals surface area contributed by atoms with Gasteiger partial charge in [-0.1, -0.05) is 30.3 Å². The molecule has 0 radical (unpaired) electrons. The Balaban J connectivity index is 1.41. The highest BCUT2D eigenvalue weighted by molar-refractivity contribution is 5.43. The zero-order valence-electron chi connectivity index (χ0n) is 14.3. The molecule has 0 saturated carbocycles. The topological polar surface area (TPSA) is 40.8 Å². The molecule has 4 heterocycles. The summed E-state index contributed by atoms with van der Waals surface area (Å²) in [7, 11) is 0. The van der Waals surface area contributed by atoms with Crippen LogP contribution in [0.15, 0.2) is 61.1 Å². The molecule has 2 fully saturated rings. The summed E-state index contributed by atoms with van der Waals surface area (Å²) in [6, 6.07) is 15.7. The van der Waals surface area contributed by atoms with E-state index in [1.54, 1.807) is 6.20 Å². The van der Waals surface area contributed by atoms with E-state index < -0.39 is 5.60 Å². The predicted molar refractivity (Wildman–Crippen MR) is 97.1 cm³/mol. The molecule has 1 aromatic carbocycles. The molecule has 25 heavy (non-hydrogen) atoms. The van der Waals surface area contributed by atoms with Crippen molar-refractivity contribution in [3.63, 3.8) is 0 Å². The molecule has 2 aliphatic rings. The number of hydrogen-bond acceptors (Lipinski definition) is 3. The fourth-order valence-corrected chi connectivity index (χ4v) is 4.80. The molecule has 2 aliphatic heterocycles. The third-order valence-electron chi connectivity index (χ3n) is 6.06. The molecular formula is C21H23N3O. The Morgan fingerprint density at radius 1 is 1.04 bits per heavy atom. The van der Waals surface area contributed by atoms with Gasteiger partial charge < -0.3 is 9.51 Å². The molecule has 5 rings (SSSR count). The van der Waals surface area contributed by atoms with E-state index in [1.807, 2.05) is 22.9 Å². The van der Waals surface area contributed by atoms with Gasteiger partial charge in [-0.2, -0.15) is 0 Å². The van der Waals surface area contributed by atoms with Crippen LogP contribution in [-0.2, 0) is 12.1 Å². The number of benzene rings is 1. The first kappa shape index (κ1) is 15.1. The smallest absolute Gasteiger partial charge is 0.137 e. The van der Waals surface area contributed by atoms with E-state index in [4.69, 9.17) is 0 Å². The minimum atomic E-state index is -0.729. The minimum absolute atomic E-state index is 0.458. The van der Waals surface area contributed by atoms with Crippen LogP contribution in [0.2, 0.25) is 0 Å². The molecule has 2 aromatic heterocycles. The zero-order chi connectivity index (χ0) is 16.9. The molecule has 128 valence electrons. The van der Waals surface area contributed by atoms with Crippen LogP contribution >= 0.6 is 0 Å². The van der Waals surface area contributed by atoms with Crippen molar-refractivity contribution in [1.82, 2.24) is 14.3 Å². The van der Waals surface area contributed by atoms with Gasteiger partial charge in [0.1, 0.15) is 5.65 Å². The van der Waals surface area contributed by atoms with Gasteiger partial charge in [-0.3, -0.25) is 4.90 Å². The van der Waals surface area contributed by atoms with Gasteiger partial charge in [-0.25, -0.2) is 4.98 Å². The minimum Gasteiger partial charge on any atom is -0.385 e. The Kier molecular flexibility index (Phi) is 3.43. The number of rotatable bonds is 3. The maximum Gasteiger partial charge on any atom is 0.137 e. The van der Waals surface area contributed by atoms with Crippen LogP contribution in [0, 0.1) is 0 Å². The van der Waals surface area contributed by atoms with Gasteiger partial charge >= 0.3 is 0 Å². The summed E-state index contributed by atoms with van der Waals surface area (Å²) >= 11 is 0. The lowest BCUT2D eigenvalue weighted by Gasteiger charge is -2.44. The Labute approximate surface area is 147 Å². The number of aliphatic hydroxyl groups is 1. The van der Waals surface area contributed by atoms with Crippen molar-refractivity contribution in [2.45, 2.75) is 49.9 Å². The first-order valence-electron chi connectivity index (χ1n) is 9.17. The number of piperidine rings is 1. The first-order chi connectivity index (χ1) is 12.2. The highest BCUT2D eigenvalue weighted by Crippen LogP contribution is 2.46. The summed E-state index contributed by atoms with van der Waals surface area (Å²) in [6.07, 6.45) is 9.75. The number of fused-ring (bicyclic) bond motifs is 3. The van der Waals surface area contributed by atoms with Gasteiger partial charge in [-0.05, 0) is 48.9 Å². The standard InChI is InChI=1S/C21H23N3O/c25-21(17-8-10-23-11-9-22-20(23)12-17)13-18-6-7-19(14-21)24(18)15-16-4-2-1-3-5-16/h1-5,8-12,18-19,25H,6-7,13-15H2. The normalized spacial score (nSPS) is 29.3. The predicted octanol–water partition coefficient (Wildman–Crippen LogP) is 3.35. The largest absolute Gasteiger partial charge is 0.385 e. The summed E-state index contributed by atoms with van der Waals surface area (Å²) in [4.78, 5) is 6.98. The summed E-state index contributed by atoms with van der Waals surface area (Å²) in [5.74, 6) is 0. The lowest BCUT2D eigenvalue weighted by molar-refractivity contribution is -0.0595. The van der Waals surface area contributed by atoms with Crippen LogP contribution in [0.4, 0.5) is 0 Å². The van der Waals surface area contributed by atoms with Crippen LogP contribution < -0.4 is 0 Å². The summed E-state index contributed by atoms with van der Waals surface area (Å²) in [5.41, 5.74) is 2.56. The second-order valence-electron chi connectivity index (χ2n) is 7.59. The Morgan fingerprint density at radius 2 is 1.80 bits per heavy atom. The summed E-state index contributed by atoms with van der Waals surface area (Å²) < 4.78 is 1.99. The highest BCUT2D eigenvalue weighted by Gasteiger charge is 2.48. The van der Waals surface area contributed by atoms with Gasteiger partial charge in [0.2, 0.25) is 0 Å². The van der Waals surface area contributed by atoms with E-state index in [-0.39, 0.29) is 0 Å². The van der Waals surface area contributed by atoms with Crippen molar-refractivity contribution in [3.05, 3.63) is 72.2 Å². The van der Waals surface area contributed by atoms with Crippen LogP contribution in [0.3, 0.4) is 0 Å². The van der Waals surface area contributed by atoms with Crippen molar-refractivity contribution in [3.8, 4) is 0 Å². The third-order valence-corrected chi connectivity index (χ3v) is 6.06. The SMILES string of the molecule is OC1(c2ccn3ccnc3c2)CC2CCC(C1)N2Cc1ccccc1. The van der Waals surface area contributed by atoms with Crippen molar-refractivity contribution >= 4 is 5.65 Å². The Morgan fingerprint density at radius 3 is 2.56 bits per heavy atom. The second-order valence-corrected chi connectivity index (χ2v) is 7.59. The van der Waals surface area contributed by atoms with Crippen molar-refractivity contribution in [2.24, 2.45) is 0 Å². The number of hydrogen-bond donors (Lipinski definition) is 1. The van der Waals surface area contributed by atoms with E-state index in [1.165, 1.54) is 18.4 Å². The van der Waals surface area contributed by atoms with Gasteiger partial charge in [0.05, 0.1) is 5.60 Å². The molecule has 2 atom stereocenters. The molecule has 2 unspecified atom stereocenters. The molecule has 4 nitrogen and oxygen atoms in total. The number of imidazole rings is 1. The average molecular weight is 333 g/mol. The molecular weight excluding hydrogens is 310 g/mol. The fourth-order valence-electron chi connectivity index (χ4n) is 4.80. The lowest BCUT2D eigenvalue weighted by atomic mass is 9.80. The first-order valence-corrected chi connectivity index (χ1v) is 9.17. The van der Waals surface area contributed by atoms with Crippen molar-refractivity contribution < 1.29 is 5.11 Å². The molecule has 2 saturated heterocycles. The molecule has 0 amide bonds. The van der Waals surface area contributed by atoms with Gasteiger partial charge in [0.25, 0.3) is 0 Å². The van der Waals surface area contributed by atoms with Crippen molar-refractivity contribution in [2.75, 3.05) is 0 Å². The van der Waals surface area contributed by atoms with E-state index >= 15 is 0 Å². The quantitative estimate of drug-likeness (QED) is 0.799. The number of nitrogens with zero attached hydrogens (tertiary/aromatic N) is 3. The lowest BCUT2D eigenvalue weighted by Crippen LogP contribution is -2.49. The number of pyridine rings is 1. The molecule has 0 spiro atoms. The summed E-state index contributed by atoms with van der Waals surface area (Å²) in [6.45, 7) is 0.992. The molecule has 1 N–H and O–H groups in total.